The number of carbonyl (C=O) groups excluding carboxylic acids is 2. The van der Waals surface area contributed by atoms with E-state index in [1.54, 1.807) is 17.5 Å². The van der Waals surface area contributed by atoms with Gasteiger partial charge in [0.1, 0.15) is 4.88 Å². The molecule has 3 rings (SSSR count). The Labute approximate surface area is 146 Å². The van der Waals surface area contributed by atoms with Gasteiger partial charge in [-0.1, -0.05) is 35.9 Å². The van der Waals surface area contributed by atoms with Crippen molar-refractivity contribution in [2.24, 2.45) is 0 Å². The second-order valence-electron chi connectivity index (χ2n) is 5.01. The van der Waals surface area contributed by atoms with Gasteiger partial charge < -0.3 is 4.74 Å². The summed E-state index contributed by atoms with van der Waals surface area (Å²) < 4.78 is 4.96. The molecule has 5 nitrogen and oxygen atoms in total. The molecule has 0 saturated heterocycles. The molecule has 1 aromatic carbocycles. The number of benzene rings is 1. The van der Waals surface area contributed by atoms with Crippen molar-refractivity contribution in [2.75, 3.05) is 11.9 Å². The predicted octanol–water partition coefficient (Wildman–Crippen LogP) is 3.98. The molecular formula is C17H14N2O3S2. The fraction of sp³-hybridized carbons (Fsp3) is 0.118. The van der Waals surface area contributed by atoms with Crippen LogP contribution >= 0.6 is 22.7 Å². The number of carbonyl (C=O) groups is 2. The van der Waals surface area contributed by atoms with Crippen molar-refractivity contribution in [2.45, 2.75) is 6.92 Å². The summed E-state index contributed by atoms with van der Waals surface area (Å²) in [7, 11) is 0. The summed E-state index contributed by atoms with van der Waals surface area (Å²) in [6.07, 6.45) is 0. The predicted molar refractivity (Wildman–Crippen MR) is 95.5 cm³/mol. The number of thiophene rings is 1. The highest BCUT2D eigenvalue weighted by Gasteiger charge is 2.12. The normalized spacial score (nSPS) is 10.4. The molecular weight excluding hydrogens is 344 g/mol. The van der Waals surface area contributed by atoms with E-state index in [1.165, 1.54) is 28.2 Å². The summed E-state index contributed by atoms with van der Waals surface area (Å²) >= 11 is 2.60. The van der Waals surface area contributed by atoms with Crippen LogP contribution in [0.4, 0.5) is 5.13 Å². The van der Waals surface area contributed by atoms with Gasteiger partial charge in [-0.3, -0.25) is 10.1 Å². The molecule has 0 atom stereocenters. The van der Waals surface area contributed by atoms with Crippen LogP contribution in [0.1, 0.15) is 15.2 Å². The second kappa shape index (κ2) is 7.37. The van der Waals surface area contributed by atoms with Crippen LogP contribution in [0.3, 0.4) is 0 Å². The van der Waals surface area contributed by atoms with Crippen LogP contribution in [0.15, 0.2) is 47.2 Å². The van der Waals surface area contributed by atoms with Crippen molar-refractivity contribution in [3.8, 4) is 11.3 Å². The summed E-state index contributed by atoms with van der Waals surface area (Å²) in [4.78, 5) is 28.4. The van der Waals surface area contributed by atoms with Crippen molar-refractivity contribution in [1.29, 1.82) is 0 Å². The number of thiazole rings is 1. The van der Waals surface area contributed by atoms with Crippen LogP contribution in [-0.4, -0.2) is 23.5 Å². The van der Waals surface area contributed by atoms with E-state index in [9.17, 15) is 9.59 Å². The zero-order valence-corrected chi connectivity index (χ0v) is 14.4. The third kappa shape index (κ3) is 4.06. The van der Waals surface area contributed by atoms with Crippen LogP contribution in [-0.2, 0) is 9.53 Å². The van der Waals surface area contributed by atoms with Gasteiger partial charge >= 0.3 is 5.97 Å². The van der Waals surface area contributed by atoms with E-state index in [0.29, 0.717) is 10.0 Å². The molecule has 2 heterocycles. The minimum atomic E-state index is -0.500. The number of aromatic nitrogens is 1. The minimum absolute atomic E-state index is 0.337. The van der Waals surface area contributed by atoms with Gasteiger partial charge in [0.05, 0.1) is 5.69 Å². The number of hydrogen-bond donors (Lipinski definition) is 1. The number of aryl methyl sites for hydroxylation is 1. The van der Waals surface area contributed by atoms with Gasteiger partial charge in [-0.2, -0.15) is 0 Å². The van der Waals surface area contributed by atoms with Crippen LogP contribution < -0.4 is 5.32 Å². The Bertz CT molecular complexity index is 839. The smallest absolute Gasteiger partial charge is 0.348 e. The van der Waals surface area contributed by atoms with Crippen LogP contribution in [0.5, 0.6) is 0 Å². The van der Waals surface area contributed by atoms with E-state index >= 15 is 0 Å². The Hall–Kier alpha value is -2.51. The largest absolute Gasteiger partial charge is 0.451 e. The summed E-state index contributed by atoms with van der Waals surface area (Å²) in [5, 5.41) is 6.76. The Balaban J connectivity index is 1.55. The van der Waals surface area contributed by atoms with E-state index in [0.717, 1.165) is 11.3 Å². The van der Waals surface area contributed by atoms with Crippen molar-refractivity contribution in [3.63, 3.8) is 0 Å². The average molecular weight is 358 g/mol. The monoisotopic (exact) mass is 358 g/mol. The number of nitrogens with one attached hydrogen (secondary N) is 1. The molecule has 0 aliphatic carbocycles. The summed E-state index contributed by atoms with van der Waals surface area (Å²) in [5.41, 5.74) is 2.96. The Morgan fingerprint density at radius 3 is 2.67 bits per heavy atom. The minimum Gasteiger partial charge on any atom is -0.451 e. The first-order valence-electron chi connectivity index (χ1n) is 7.15. The molecule has 24 heavy (non-hydrogen) atoms. The van der Waals surface area contributed by atoms with E-state index < -0.39 is 11.9 Å². The first-order valence-corrected chi connectivity index (χ1v) is 8.91. The lowest BCUT2D eigenvalue weighted by Gasteiger charge is -2.03. The SMILES string of the molecule is Cc1ccc(-c2csc(NC(=O)COC(=O)c3cccs3)n2)cc1. The molecule has 0 fully saturated rings. The fourth-order valence-electron chi connectivity index (χ4n) is 1.94. The summed E-state index contributed by atoms with van der Waals surface area (Å²) in [5.74, 6) is -0.913. The van der Waals surface area contributed by atoms with Gasteiger partial charge in [0, 0.05) is 10.9 Å². The molecule has 0 aliphatic rings. The van der Waals surface area contributed by atoms with Gasteiger partial charge in [0.2, 0.25) is 0 Å². The number of esters is 1. The zero-order valence-electron chi connectivity index (χ0n) is 12.8. The van der Waals surface area contributed by atoms with Gasteiger partial charge in [-0.25, -0.2) is 9.78 Å². The van der Waals surface area contributed by atoms with Crippen molar-refractivity contribution in [3.05, 3.63) is 57.6 Å². The van der Waals surface area contributed by atoms with Gasteiger partial charge in [0.25, 0.3) is 5.91 Å². The third-order valence-electron chi connectivity index (χ3n) is 3.15. The van der Waals surface area contributed by atoms with E-state index in [-0.39, 0.29) is 6.61 Å². The maximum atomic E-state index is 11.9. The lowest BCUT2D eigenvalue weighted by molar-refractivity contribution is -0.119. The third-order valence-corrected chi connectivity index (χ3v) is 4.76. The molecule has 0 saturated carbocycles. The Kier molecular flexibility index (Phi) is 5.02. The number of rotatable bonds is 5. The molecule has 0 aliphatic heterocycles. The lowest BCUT2D eigenvalue weighted by Crippen LogP contribution is -2.20. The van der Waals surface area contributed by atoms with Crippen molar-refractivity contribution >= 4 is 39.7 Å². The van der Waals surface area contributed by atoms with Gasteiger partial charge in [0.15, 0.2) is 11.7 Å². The fourth-order valence-corrected chi connectivity index (χ4v) is 3.29. The number of anilines is 1. The maximum Gasteiger partial charge on any atom is 0.348 e. The van der Waals surface area contributed by atoms with Crippen molar-refractivity contribution in [1.82, 2.24) is 4.98 Å². The van der Waals surface area contributed by atoms with E-state index in [1.807, 2.05) is 36.6 Å². The van der Waals surface area contributed by atoms with E-state index in [4.69, 9.17) is 4.74 Å². The van der Waals surface area contributed by atoms with Crippen LogP contribution in [0, 0.1) is 6.92 Å². The molecule has 3 aromatic rings. The quantitative estimate of drug-likeness (QED) is 0.701. The highest BCUT2D eigenvalue weighted by Crippen LogP contribution is 2.25. The number of hydrogen-bond acceptors (Lipinski definition) is 6. The molecule has 0 spiro atoms. The molecule has 7 heteroatoms. The molecule has 0 unspecified atom stereocenters. The first kappa shape index (κ1) is 16.4. The molecule has 122 valence electrons. The highest BCUT2D eigenvalue weighted by atomic mass is 32.1. The lowest BCUT2D eigenvalue weighted by atomic mass is 10.1. The van der Waals surface area contributed by atoms with E-state index in [2.05, 4.69) is 10.3 Å². The standard InChI is InChI=1S/C17H14N2O3S2/c1-11-4-6-12(7-5-11)13-10-24-17(18-13)19-15(20)9-22-16(21)14-3-2-8-23-14/h2-8,10H,9H2,1H3,(H,18,19,20). The number of amides is 1. The topological polar surface area (TPSA) is 68.3 Å². The first-order chi connectivity index (χ1) is 11.6. The maximum absolute atomic E-state index is 11.9. The van der Waals surface area contributed by atoms with Crippen molar-refractivity contribution < 1.29 is 14.3 Å². The zero-order chi connectivity index (χ0) is 16.9. The highest BCUT2D eigenvalue weighted by molar-refractivity contribution is 7.14. The molecule has 1 amide bonds. The summed E-state index contributed by atoms with van der Waals surface area (Å²) in [6, 6.07) is 11.4. The molecule has 1 N–H and O–H groups in total. The van der Waals surface area contributed by atoms with Crippen LogP contribution in [0.25, 0.3) is 11.3 Å². The van der Waals surface area contributed by atoms with Gasteiger partial charge in [-0.15, -0.1) is 22.7 Å². The molecule has 0 bridgehead atoms. The Morgan fingerprint density at radius 2 is 1.96 bits per heavy atom. The Morgan fingerprint density at radius 1 is 1.17 bits per heavy atom. The second-order valence-corrected chi connectivity index (χ2v) is 6.81. The molecule has 2 aromatic heterocycles. The summed E-state index contributed by atoms with van der Waals surface area (Å²) in [6.45, 7) is 1.68. The van der Waals surface area contributed by atoms with Gasteiger partial charge in [-0.05, 0) is 18.4 Å². The molecule has 0 radical (unpaired) electrons. The van der Waals surface area contributed by atoms with Crippen LogP contribution in [0.2, 0.25) is 0 Å². The average Bonchev–Trinajstić information content (AvgIpc) is 3.25. The number of nitrogens with zero attached hydrogens (tertiary/aromatic N) is 1. The number of ether oxygens (including phenoxy) is 1.